The second-order valence-electron chi connectivity index (χ2n) is 4.58. The van der Waals surface area contributed by atoms with Crippen LogP contribution in [0, 0.1) is 17.2 Å². The molecule has 1 aromatic rings. The van der Waals surface area contributed by atoms with Gasteiger partial charge in [-0.2, -0.15) is 5.26 Å². The van der Waals surface area contributed by atoms with E-state index in [0.29, 0.717) is 17.9 Å². The number of ether oxygens (including phenoxy) is 1. The van der Waals surface area contributed by atoms with Crippen LogP contribution in [0.25, 0.3) is 0 Å². The van der Waals surface area contributed by atoms with E-state index in [1.54, 1.807) is 25.2 Å². The van der Waals surface area contributed by atoms with E-state index < -0.39 is 0 Å². The van der Waals surface area contributed by atoms with Crippen molar-refractivity contribution in [3.63, 3.8) is 0 Å². The molecular formula is C14H16N2O2. The van der Waals surface area contributed by atoms with Crippen molar-refractivity contribution in [3.05, 3.63) is 29.8 Å². The fourth-order valence-corrected chi connectivity index (χ4v) is 2.18. The van der Waals surface area contributed by atoms with Crippen LogP contribution >= 0.6 is 0 Å². The largest absolute Gasteiger partial charge is 0.368 e. The third-order valence-electron chi connectivity index (χ3n) is 3.35. The van der Waals surface area contributed by atoms with Gasteiger partial charge in [-0.25, -0.2) is 0 Å². The van der Waals surface area contributed by atoms with Crippen molar-refractivity contribution < 1.29 is 9.53 Å². The molecule has 4 nitrogen and oxygen atoms in total. The van der Waals surface area contributed by atoms with Crippen molar-refractivity contribution in [2.24, 2.45) is 5.92 Å². The first-order chi connectivity index (χ1) is 8.65. The summed E-state index contributed by atoms with van der Waals surface area (Å²) in [6, 6.07) is 9.18. The summed E-state index contributed by atoms with van der Waals surface area (Å²) in [5.74, 6) is 0.150. The molecule has 1 heterocycles. The van der Waals surface area contributed by atoms with E-state index >= 15 is 0 Å². The Balaban J connectivity index is 2.23. The Kier molecular flexibility index (Phi) is 3.63. The number of carbonyl (C=O) groups excluding carboxylic acids is 1. The number of nitriles is 1. The number of anilines is 1. The lowest BCUT2D eigenvalue weighted by atomic mass is 10.0. The van der Waals surface area contributed by atoms with Gasteiger partial charge in [0.05, 0.1) is 11.3 Å². The SMILES string of the molecule is CC1CCOC1C(=O)N(C)c1ccccc1C#N. The highest BCUT2D eigenvalue weighted by atomic mass is 16.5. The molecule has 1 saturated heterocycles. The maximum Gasteiger partial charge on any atom is 0.256 e. The first-order valence-corrected chi connectivity index (χ1v) is 6.03. The van der Waals surface area contributed by atoms with Crippen LogP contribution in [0.15, 0.2) is 24.3 Å². The van der Waals surface area contributed by atoms with E-state index in [9.17, 15) is 4.79 Å². The van der Waals surface area contributed by atoms with E-state index in [-0.39, 0.29) is 17.9 Å². The minimum atomic E-state index is -0.387. The summed E-state index contributed by atoms with van der Waals surface area (Å²) < 4.78 is 5.47. The summed E-state index contributed by atoms with van der Waals surface area (Å²) in [6.45, 7) is 2.64. The average molecular weight is 244 g/mol. The highest BCUT2D eigenvalue weighted by Gasteiger charge is 2.33. The number of carbonyl (C=O) groups is 1. The Labute approximate surface area is 107 Å². The maximum atomic E-state index is 12.3. The molecule has 1 aliphatic rings. The number of benzene rings is 1. The first-order valence-electron chi connectivity index (χ1n) is 6.03. The summed E-state index contributed by atoms with van der Waals surface area (Å²) in [5, 5.41) is 9.05. The molecule has 0 aliphatic carbocycles. The van der Waals surface area contributed by atoms with Crippen molar-refractivity contribution in [2.75, 3.05) is 18.6 Å². The predicted molar refractivity (Wildman–Crippen MR) is 68.1 cm³/mol. The smallest absolute Gasteiger partial charge is 0.256 e. The second kappa shape index (κ2) is 5.19. The van der Waals surface area contributed by atoms with Crippen LogP contribution in [0.4, 0.5) is 5.69 Å². The zero-order chi connectivity index (χ0) is 13.1. The van der Waals surface area contributed by atoms with Crippen LogP contribution in [0.3, 0.4) is 0 Å². The first kappa shape index (κ1) is 12.6. The molecule has 0 N–H and O–H groups in total. The van der Waals surface area contributed by atoms with Crippen molar-refractivity contribution >= 4 is 11.6 Å². The van der Waals surface area contributed by atoms with Gasteiger partial charge >= 0.3 is 0 Å². The lowest BCUT2D eigenvalue weighted by Gasteiger charge is -2.23. The predicted octanol–water partition coefficient (Wildman–Crippen LogP) is 1.95. The van der Waals surface area contributed by atoms with Crippen LogP contribution in [-0.2, 0) is 9.53 Å². The lowest BCUT2D eigenvalue weighted by Crippen LogP contribution is -2.39. The maximum absolute atomic E-state index is 12.3. The summed E-state index contributed by atoms with van der Waals surface area (Å²) in [4.78, 5) is 13.8. The molecule has 0 spiro atoms. The number of rotatable bonds is 2. The van der Waals surface area contributed by atoms with Gasteiger partial charge in [0, 0.05) is 13.7 Å². The molecule has 0 bridgehead atoms. The number of amides is 1. The third-order valence-corrected chi connectivity index (χ3v) is 3.35. The molecule has 94 valence electrons. The van der Waals surface area contributed by atoms with Crippen LogP contribution in [0.2, 0.25) is 0 Å². The van der Waals surface area contributed by atoms with Gasteiger partial charge in [-0.15, -0.1) is 0 Å². The molecule has 1 amide bonds. The van der Waals surface area contributed by atoms with E-state index in [1.165, 1.54) is 4.90 Å². The minimum Gasteiger partial charge on any atom is -0.368 e. The summed E-state index contributed by atoms with van der Waals surface area (Å²) in [7, 11) is 1.69. The van der Waals surface area contributed by atoms with Gasteiger partial charge in [-0.3, -0.25) is 4.79 Å². The number of para-hydroxylation sites is 1. The van der Waals surface area contributed by atoms with Crippen molar-refractivity contribution in [1.82, 2.24) is 0 Å². The number of likely N-dealkylation sites (N-methyl/N-ethyl adjacent to an activating group) is 1. The number of hydrogen-bond donors (Lipinski definition) is 0. The zero-order valence-electron chi connectivity index (χ0n) is 10.6. The Morgan fingerprint density at radius 3 is 2.83 bits per heavy atom. The molecule has 18 heavy (non-hydrogen) atoms. The van der Waals surface area contributed by atoms with Crippen molar-refractivity contribution in [1.29, 1.82) is 5.26 Å². The second-order valence-corrected chi connectivity index (χ2v) is 4.58. The molecule has 0 saturated carbocycles. The van der Waals surface area contributed by atoms with Crippen LogP contribution in [0.5, 0.6) is 0 Å². The minimum absolute atomic E-state index is 0.0808. The van der Waals surface area contributed by atoms with E-state index in [2.05, 4.69) is 6.07 Å². The molecule has 1 aromatic carbocycles. The van der Waals surface area contributed by atoms with Gasteiger partial charge in [0.15, 0.2) is 0 Å². The summed E-state index contributed by atoms with van der Waals surface area (Å²) >= 11 is 0. The van der Waals surface area contributed by atoms with Gasteiger partial charge < -0.3 is 9.64 Å². The third kappa shape index (κ3) is 2.22. The molecule has 1 aliphatic heterocycles. The Morgan fingerprint density at radius 1 is 1.50 bits per heavy atom. The Morgan fingerprint density at radius 2 is 2.22 bits per heavy atom. The van der Waals surface area contributed by atoms with E-state index in [4.69, 9.17) is 10.00 Å². The van der Waals surface area contributed by atoms with Gasteiger partial charge in [0.2, 0.25) is 0 Å². The molecule has 4 heteroatoms. The average Bonchev–Trinajstić information content (AvgIpc) is 2.83. The summed E-state index contributed by atoms with van der Waals surface area (Å²) in [6.07, 6.45) is 0.520. The molecule has 0 radical (unpaired) electrons. The number of nitrogens with zero attached hydrogens (tertiary/aromatic N) is 2. The van der Waals surface area contributed by atoms with Crippen LogP contribution in [-0.4, -0.2) is 25.7 Å². The summed E-state index contributed by atoms with van der Waals surface area (Å²) in [5.41, 5.74) is 1.13. The monoisotopic (exact) mass is 244 g/mol. The molecule has 2 rings (SSSR count). The quantitative estimate of drug-likeness (QED) is 0.799. The lowest BCUT2D eigenvalue weighted by molar-refractivity contribution is -0.128. The Bertz CT molecular complexity index is 493. The van der Waals surface area contributed by atoms with E-state index in [0.717, 1.165) is 6.42 Å². The van der Waals surface area contributed by atoms with Gasteiger partial charge in [0.1, 0.15) is 12.2 Å². The molecular weight excluding hydrogens is 228 g/mol. The highest BCUT2D eigenvalue weighted by molar-refractivity contribution is 5.97. The molecule has 0 aromatic heterocycles. The topological polar surface area (TPSA) is 53.3 Å². The zero-order valence-corrected chi connectivity index (χ0v) is 10.6. The van der Waals surface area contributed by atoms with Crippen LogP contribution in [0.1, 0.15) is 18.9 Å². The van der Waals surface area contributed by atoms with Crippen molar-refractivity contribution in [2.45, 2.75) is 19.4 Å². The fraction of sp³-hybridized carbons (Fsp3) is 0.429. The van der Waals surface area contributed by atoms with Gasteiger partial charge in [-0.1, -0.05) is 19.1 Å². The fourth-order valence-electron chi connectivity index (χ4n) is 2.18. The highest BCUT2D eigenvalue weighted by Crippen LogP contribution is 2.25. The van der Waals surface area contributed by atoms with Crippen molar-refractivity contribution in [3.8, 4) is 6.07 Å². The van der Waals surface area contributed by atoms with Crippen LogP contribution < -0.4 is 4.90 Å². The standard InChI is InChI=1S/C14H16N2O2/c1-10-7-8-18-13(10)14(17)16(2)12-6-4-3-5-11(12)9-15/h3-6,10,13H,7-8H2,1-2H3. The van der Waals surface area contributed by atoms with E-state index in [1.807, 2.05) is 13.0 Å². The normalized spacial score (nSPS) is 22.5. The molecule has 1 fully saturated rings. The molecule has 2 atom stereocenters. The van der Waals surface area contributed by atoms with Gasteiger partial charge in [0.25, 0.3) is 5.91 Å². The Hall–Kier alpha value is -1.86. The van der Waals surface area contributed by atoms with Gasteiger partial charge in [-0.05, 0) is 24.5 Å². The molecule has 2 unspecified atom stereocenters. The number of hydrogen-bond acceptors (Lipinski definition) is 3.